The molecule has 0 fully saturated rings. The second-order valence-corrected chi connectivity index (χ2v) is 6.07. The third kappa shape index (κ3) is 3.20. The minimum atomic E-state index is 0.387. The molecule has 0 aliphatic rings. The number of rotatable bonds is 3. The van der Waals surface area contributed by atoms with Crippen molar-refractivity contribution < 1.29 is 4.74 Å². The minimum absolute atomic E-state index is 0.387. The van der Waals surface area contributed by atoms with Crippen LogP contribution in [0.3, 0.4) is 0 Å². The van der Waals surface area contributed by atoms with Crippen molar-refractivity contribution in [1.82, 2.24) is 4.98 Å². The number of aryl methyl sites for hydroxylation is 1. The molecule has 0 amide bonds. The average molecular weight is 363 g/mol. The fourth-order valence-corrected chi connectivity index (χ4v) is 2.92. The molecule has 2 aromatic carbocycles. The van der Waals surface area contributed by atoms with Crippen LogP contribution < -0.4 is 4.74 Å². The second kappa shape index (κ2) is 6.04. The fraction of sp³-hybridized carbons (Fsp3) is 0.118. The summed E-state index contributed by atoms with van der Waals surface area (Å²) in [5, 5.41) is 1.54. The van der Waals surface area contributed by atoms with E-state index in [0.29, 0.717) is 11.8 Å². The topological polar surface area (TPSA) is 22.1 Å². The predicted molar refractivity (Wildman–Crippen MR) is 90.0 cm³/mol. The zero-order chi connectivity index (χ0) is 14.8. The van der Waals surface area contributed by atoms with Gasteiger partial charge < -0.3 is 4.74 Å². The number of benzene rings is 2. The molecule has 0 saturated heterocycles. The first-order valence-electron chi connectivity index (χ1n) is 6.56. The van der Waals surface area contributed by atoms with Crippen LogP contribution in [0.2, 0.25) is 5.15 Å². The Bertz CT molecular complexity index is 804. The van der Waals surface area contributed by atoms with Gasteiger partial charge in [-0.2, -0.15) is 0 Å². The molecular formula is C17H13BrClNO. The molecule has 0 saturated carbocycles. The summed E-state index contributed by atoms with van der Waals surface area (Å²) in [7, 11) is 0. The molecule has 0 N–H and O–H groups in total. The SMILES string of the molecule is Cc1ccc(OCc2cc3ccccc3nc2Cl)c(Br)c1. The summed E-state index contributed by atoms with van der Waals surface area (Å²) in [6.45, 7) is 2.43. The monoisotopic (exact) mass is 361 g/mol. The van der Waals surface area contributed by atoms with Crippen LogP contribution in [0, 0.1) is 6.92 Å². The highest BCUT2D eigenvalue weighted by atomic mass is 79.9. The maximum absolute atomic E-state index is 6.23. The van der Waals surface area contributed by atoms with Gasteiger partial charge in [-0.05, 0) is 52.7 Å². The van der Waals surface area contributed by atoms with Gasteiger partial charge in [-0.25, -0.2) is 4.98 Å². The maximum Gasteiger partial charge on any atom is 0.136 e. The summed E-state index contributed by atoms with van der Waals surface area (Å²) in [6, 6.07) is 15.9. The van der Waals surface area contributed by atoms with E-state index in [9.17, 15) is 0 Å². The summed E-state index contributed by atoms with van der Waals surface area (Å²) in [5.74, 6) is 0.796. The molecule has 0 bridgehead atoms. The summed E-state index contributed by atoms with van der Waals surface area (Å²) < 4.78 is 6.77. The molecule has 0 spiro atoms. The van der Waals surface area contributed by atoms with Crippen molar-refractivity contribution in [2.45, 2.75) is 13.5 Å². The highest BCUT2D eigenvalue weighted by Crippen LogP contribution is 2.28. The Balaban J connectivity index is 1.86. The molecule has 21 heavy (non-hydrogen) atoms. The lowest BCUT2D eigenvalue weighted by Crippen LogP contribution is -1.99. The molecule has 1 heterocycles. The van der Waals surface area contributed by atoms with Crippen molar-refractivity contribution in [1.29, 1.82) is 0 Å². The van der Waals surface area contributed by atoms with Gasteiger partial charge in [0.15, 0.2) is 0 Å². The Morgan fingerprint density at radius 2 is 1.95 bits per heavy atom. The summed E-state index contributed by atoms with van der Waals surface area (Å²) in [5.41, 5.74) is 2.95. The van der Waals surface area contributed by atoms with E-state index in [2.05, 4.69) is 20.9 Å². The number of fused-ring (bicyclic) bond motifs is 1. The van der Waals surface area contributed by atoms with E-state index in [0.717, 1.165) is 26.7 Å². The summed E-state index contributed by atoms with van der Waals surface area (Å²) in [4.78, 5) is 4.40. The Hall–Kier alpha value is -1.58. The van der Waals surface area contributed by atoms with Gasteiger partial charge in [0.05, 0.1) is 9.99 Å². The van der Waals surface area contributed by atoms with Crippen LogP contribution in [-0.4, -0.2) is 4.98 Å². The van der Waals surface area contributed by atoms with Gasteiger partial charge in [0, 0.05) is 10.9 Å². The Kier molecular flexibility index (Phi) is 4.13. The number of ether oxygens (including phenoxy) is 1. The lowest BCUT2D eigenvalue weighted by molar-refractivity contribution is 0.304. The van der Waals surface area contributed by atoms with E-state index in [-0.39, 0.29) is 0 Å². The quantitative estimate of drug-likeness (QED) is 0.571. The van der Waals surface area contributed by atoms with E-state index in [1.54, 1.807) is 0 Å². The van der Waals surface area contributed by atoms with Crippen LogP contribution in [-0.2, 0) is 6.61 Å². The van der Waals surface area contributed by atoms with Crippen molar-refractivity contribution >= 4 is 38.4 Å². The molecule has 106 valence electrons. The van der Waals surface area contributed by atoms with Crippen LogP contribution in [0.15, 0.2) is 53.0 Å². The van der Waals surface area contributed by atoms with Gasteiger partial charge in [0.2, 0.25) is 0 Å². The van der Waals surface area contributed by atoms with E-state index in [4.69, 9.17) is 16.3 Å². The van der Waals surface area contributed by atoms with E-state index in [1.165, 1.54) is 5.56 Å². The summed E-state index contributed by atoms with van der Waals surface area (Å²) in [6.07, 6.45) is 0. The molecule has 0 aliphatic heterocycles. The molecule has 3 aromatic rings. The molecule has 1 aromatic heterocycles. The third-order valence-corrected chi connectivity index (χ3v) is 4.17. The van der Waals surface area contributed by atoms with Crippen molar-refractivity contribution in [2.75, 3.05) is 0 Å². The standard InChI is InChI=1S/C17H13BrClNO/c1-11-6-7-16(14(18)8-11)21-10-13-9-12-4-2-3-5-15(12)20-17(13)19/h2-9H,10H2,1H3. The Morgan fingerprint density at radius 1 is 1.14 bits per heavy atom. The number of nitrogens with zero attached hydrogens (tertiary/aromatic N) is 1. The van der Waals surface area contributed by atoms with Gasteiger partial charge in [-0.15, -0.1) is 0 Å². The Morgan fingerprint density at radius 3 is 2.76 bits per heavy atom. The van der Waals surface area contributed by atoms with Crippen molar-refractivity contribution in [3.8, 4) is 5.75 Å². The van der Waals surface area contributed by atoms with Crippen molar-refractivity contribution in [2.24, 2.45) is 0 Å². The molecule has 0 unspecified atom stereocenters. The van der Waals surface area contributed by atoms with Gasteiger partial charge in [0.25, 0.3) is 0 Å². The number of aromatic nitrogens is 1. The van der Waals surface area contributed by atoms with Crippen LogP contribution in [0.4, 0.5) is 0 Å². The predicted octanol–water partition coefficient (Wildman–Crippen LogP) is 5.54. The lowest BCUT2D eigenvalue weighted by atomic mass is 10.2. The lowest BCUT2D eigenvalue weighted by Gasteiger charge is -2.10. The fourth-order valence-electron chi connectivity index (χ4n) is 2.12. The molecule has 2 nitrogen and oxygen atoms in total. The third-order valence-electron chi connectivity index (χ3n) is 3.22. The number of para-hydroxylation sites is 1. The van der Waals surface area contributed by atoms with Crippen molar-refractivity contribution in [3.63, 3.8) is 0 Å². The van der Waals surface area contributed by atoms with E-state index < -0.39 is 0 Å². The minimum Gasteiger partial charge on any atom is -0.488 e. The van der Waals surface area contributed by atoms with Crippen LogP contribution in [0.1, 0.15) is 11.1 Å². The molecule has 0 atom stereocenters. The summed E-state index contributed by atoms with van der Waals surface area (Å²) >= 11 is 9.74. The number of hydrogen-bond donors (Lipinski definition) is 0. The zero-order valence-corrected chi connectivity index (χ0v) is 13.8. The number of hydrogen-bond acceptors (Lipinski definition) is 2. The molecule has 0 radical (unpaired) electrons. The Labute approximate surface area is 136 Å². The maximum atomic E-state index is 6.23. The van der Waals surface area contributed by atoms with Crippen LogP contribution >= 0.6 is 27.5 Å². The van der Waals surface area contributed by atoms with Gasteiger partial charge >= 0.3 is 0 Å². The zero-order valence-electron chi connectivity index (χ0n) is 11.4. The molecule has 0 aliphatic carbocycles. The number of pyridine rings is 1. The van der Waals surface area contributed by atoms with Crippen molar-refractivity contribution in [3.05, 3.63) is 69.3 Å². The number of halogens is 2. The van der Waals surface area contributed by atoms with E-state index in [1.807, 2.05) is 55.5 Å². The smallest absolute Gasteiger partial charge is 0.136 e. The highest BCUT2D eigenvalue weighted by Gasteiger charge is 2.07. The van der Waals surface area contributed by atoms with Gasteiger partial charge in [-0.1, -0.05) is 35.9 Å². The molecule has 4 heteroatoms. The first-order chi connectivity index (χ1) is 10.1. The first-order valence-corrected chi connectivity index (χ1v) is 7.74. The molecular weight excluding hydrogens is 350 g/mol. The van der Waals surface area contributed by atoms with Gasteiger partial charge in [-0.3, -0.25) is 0 Å². The van der Waals surface area contributed by atoms with Gasteiger partial charge in [0.1, 0.15) is 17.5 Å². The normalized spacial score (nSPS) is 10.8. The largest absolute Gasteiger partial charge is 0.488 e. The van der Waals surface area contributed by atoms with Crippen LogP contribution in [0.5, 0.6) is 5.75 Å². The highest BCUT2D eigenvalue weighted by molar-refractivity contribution is 9.10. The first kappa shape index (κ1) is 14.4. The molecule has 3 rings (SSSR count). The van der Waals surface area contributed by atoms with E-state index >= 15 is 0 Å². The van der Waals surface area contributed by atoms with Crippen LogP contribution in [0.25, 0.3) is 10.9 Å². The average Bonchev–Trinajstić information content (AvgIpc) is 2.46. The second-order valence-electron chi connectivity index (χ2n) is 4.85.